The van der Waals surface area contributed by atoms with Crippen molar-refractivity contribution >= 4 is 17.3 Å². The summed E-state index contributed by atoms with van der Waals surface area (Å²) in [5, 5.41) is 3.81. The summed E-state index contributed by atoms with van der Waals surface area (Å²) in [5.41, 5.74) is 6.55. The van der Waals surface area contributed by atoms with Crippen molar-refractivity contribution < 1.29 is 4.39 Å². The van der Waals surface area contributed by atoms with Crippen LogP contribution in [0.1, 0.15) is 32.6 Å². The summed E-state index contributed by atoms with van der Waals surface area (Å²) in [7, 11) is 0. The van der Waals surface area contributed by atoms with Crippen LogP contribution in [0.5, 0.6) is 0 Å². The summed E-state index contributed by atoms with van der Waals surface area (Å²) in [6.07, 6.45) is 4.45. The van der Waals surface area contributed by atoms with Gasteiger partial charge in [-0.05, 0) is 43.4 Å². The third kappa shape index (κ3) is 2.96. The van der Waals surface area contributed by atoms with Crippen molar-refractivity contribution in [2.75, 3.05) is 11.9 Å². The second-order valence-corrected chi connectivity index (χ2v) is 5.72. The molecular formula is C14H20ClFN2. The number of nitrogens with one attached hydrogen (secondary N) is 1. The van der Waals surface area contributed by atoms with Gasteiger partial charge in [-0.1, -0.05) is 24.9 Å². The van der Waals surface area contributed by atoms with Crippen molar-refractivity contribution in [3.8, 4) is 0 Å². The third-order valence-corrected chi connectivity index (χ3v) is 4.17. The Morgan fingerprint density at radius 1 is 1.50 bits per heavy atom. The minimum Gasteiger partial charge on any atom is -0.378 e. The lowest BCUT2D eigenvalue weighted by Crippen LogP contribution is -2.43. The van der Waals surface area contributed by atoms with Gasteiger partial charge in [-0.2, -0.15) is 0 Å². The van der Waals surface area contributed by atoms with Crippen LogP contribution in [-0.2, 0) is 0 Å². The Bertz CT molecular complexity index is 404. The predicted octanol–water partition coefficient (Wildman–Crippen LogP) is 3.80. The Balaban J connectivity index is 2.15. The molecule has 1 aromatic carbocycles. The Morgan fingerprint density at radius 2 is 2.28 bits per heavy atom. The predicted molar refractivity (Wildman–Crippen MR) is 74.5 cm³/mol. The number of anilines is 1. The summed E-state index contributed by atoms with van der Waals surface area (Å²) >= 11 is 5.87. The zero-order chi connectivity index (χ0) is 13.2. The van der Waals surface area contributed by atoms with Gasteiger partial charge in [-0.25, -0.2) is 4.39 Å². The smallest absolute Gasteiger partial charge is 0.126 e. The Kier molecular flexibility index (Phi) is 4.13. The average molecular weight is 271 g/mol. The van der Waals surface area contributed by atoms with Crippen LogP contribution in [0.15, 0.2) is 18.2 Å². The highest BCUT2D eigenvalue weighted by molar-refractivity contribution is 6.30. The first-order valence-electron chi connectivity index (χ1n) is 6.51. The number of hydrogen-bond donors (Lipinski definition) is 2. The molecule has 0 bridgehead atoms. The molecule has 1 aliphatic carbocycles. The quantitative estimate of drug-likeness (QED) is 0.873. The van der Waals surface area contributed by atoms with Crippen LogP contribution in [-0.4, -0.2) is 12.1 Å². The van der Waals surface area contributed by atoms with Crippen LogP contribution in [0.4, 0.5) is 10.1 Å². The van der Waals surface area contributed by atoms with Gasteiger partial charge in [0.2, 0.25) is 0 Å². The van der Waals surface area contributed by atoms with Gasteiger partial charge in [-0.15, -0.1) is 0 Å². The lowest BCUT2D eigenvalue weighted by molar-refractivity contribution is 0.449. The van der Waals surface area contributed by atoms with Crippen molar-refractivity contribution in [1.82, 2.24) is 0 Å². The van der Waals surface area contributed by atoms with Gasteiger partial charge in [-0.3, -0.25) is 0 Å². The molecule has 3 N–H and O–H groups in total. The molecule has 1 aromatic rings. The van der Waals surface area contributed by atoms with E-state index >= 15 is 0 Å². The number of benzene rings is 1. The monoisotopic (exact) mass is 270 g/mol. The normalized spacial score (nSPS) is 27.4. The minimum atomic E-state index is -0.317. The highest BCUT2D eigenvalue weighted by Gasteiger charge is 2.37. The van der Waals surface area contributed by atoms with E-state index in [0.717, 1.165) is 18.5 Å². The van der Waals surface area contributed by atoms with Gasteiger partial charge in [0, 0.05) is 22.8 Å². The van der Waals surface area contributed by atoms with Gasteiger partial charge in [0.15, 0.2) is 0 Å². The molecule has 1 fully saturated rings. The molecule has 100 valence electrons. The lowest BCUT2D eigenvalue weighted by Gasteiger charge is -2.30. The lowest BCUT2D eigenvalue weighted by atomic mass is 9.94. The van der Waals surface area contributed by atoms with E-state index in [9.17, 15) is 4.39 Å². The molecule has 0 spiro atoms. The van der Waals surface area contributed by atoms with E-state index in [4.69, 9.17) is 17.3 Å². The standard InChI is InChI=1S/C14H20ClFN2/c1-2-10-3-4-14(8-10,9-17)18-13-6-11(15)5-12(16)7-13/h5-7,10,18H,2-4,8-9,17H2,1H3. The summed E-state index contributed by atoms with van der Waals surface area (Å²) in [6, 6.07) is 4.54. The van der Waals surface area contributed by atoms with Gasteiger partial charge in [0.05, 0.1) is 0 Å². The fourth-order valence-corrected chi connectivity index (χ4v) is 3.09. The molecule has 0 saturated heterocycles. The van der Waals surface area contributed by atoms with Crippen LogP contribution in [0.3, 0.4) is 0 Å². The van der Waals surface area contributed by atoms with Gasteiger partial charge >= 0.3 is 0 Å². The molecule has 4 heteroatoms. The minimum absolute atomic E-state index is 0.0994. The average Bonchev–Trinajstić information content (AvgIpc) is 2.72. The second kappa shape index (κ2) is 5.45. The maximum absolute atomic E-state index is 13.3. The molecular weight excluding hydrogens is 251 g/mol. The van der Waals surface area contributed by atoms with E-state index in [0.29, 0.717) is 17.5 Å². The highest BCUT2D eigenvalue weighted by atomic mass is 35.5. The highest BCUT2D eigenvalue weighted by Crippen LogP contribution is 2.38. The molecule has 18 heavy (non-hydrogen) atoms. The maximum Gasteiger partial charge on any atom is 0.126 e. The van der Waals surface area contributed by atoms with E-state index in [2.05, 4.69) is 12.2 Å². The molecule has 1 saturated carbocycles. The van der Waals surface area contributed by atoms with Gasteiger partial charge in [0.25, 0.3) is 0 Å². The number of halogens is 2. The fraction of sp³-hybridized carbons (Fsp3) is 0.571. The van der Waals surface area contributed by atoms with Crippen molar-refractivity contribution in [2.45, 2.75) is 38.1 Å². The molecule has 0 radical (unpaired) electrons. The summed E-state index contributed by atoms with van der Waals surface area (Å²) < 4.78 is 13.3. The molecule has 0 amide bonds. The van der Waals surface area contributed by atoms with E-state index in [1.54, 1.807) is 6.07 Å². The van der Waals surface area contributed by atoms with Crippen molar-refractivity contribution in [3.63, 3.8) is 0 Å². The van der Waals surface area contributed by atoms with E-state index in [-0.39, 0.29) is 11.4 Å². The molecule has 0 aliphatic heterocycles. The summed E-state index contributed by atoms with van der Waals surface area (Å²) in [5.74, 6) is 0.396. The Morgan fingerprint density at radius 3 is 2.83 bits per heavy atom. The van der Waals surface area contributed by atoms with E-state index in [1.807, 2.05) is 0 Å². The van der Waals surface area contributed by atoms with E-state index in [1.165, 1.54) is 25.0 Å². The SMILES string of the molecule is CCC1CCC(CN)(Nc2cc(F)cc(Cl)c2)C1. The first-order chi connectivity index (χ1) is 8.57. The van der Waals surface area contributed by atoms with Crippen LogP contribution >= 0.6 is 11.6 Å². The number of rotatable bonds is 4. The first-order valence-corrected chi connectivity index (χ1v) is 6.89. The molecule has 1 aliphatic rings. The number of hydrogen-bond acceptors (Lipinski definition) is 2. The van der Waals surface area contributed by atoms with Crippen molar-refractivity contribution in [1.29, 1.82) is 0 Å². The Labute approximate surface area is 113 Å². The van der Waals surface area contributed by atoms with Gasteiger partial charge in [0.1, 0.15) is 5.82 Å². The molecule has 2 unspecified atom stereocenters. The summed E-state index contributed by atoms with van der Waals surface area (Å²) in [6.45, 7) is 2.77. The third-order valence-electron chi connectivity index (χ3n) is 3.95. The molecule has 2 nitrogen and oxygen atoms in total. The zero-order valence-electron chi connectivity index (χ0n) is 10.7. The van der Waals surface area contributed by atoms with Gasteiger partial charge < -0.3 is 11.1 Å². The number of nitrogens with two attached hydrogens (primary N) is 1. The van der Waals surface area contributed by atoms with Crippen LogP contribution in [0.2, 0.25) is 5.02 Å². The van der Waals surface area contributed by atoms with Crippen LogP contribution in [0.25, 0.3) is 0 Å². The molecule has 0 aromatic heterocycles. The summed E-state index contributed by atoms with van der Waals surface area (Å²) in [4.78, 5) is 0. The topological polar surface area (TPSA) is 38.0 Å². The van der Waals surface area contributed by atoms with E-state index < -0.39 is 0 Å². The van der Waals surface area contributed by atoms with Crippen LogP contribution < -0.4 is 11.1 Å². The second-order valence-electron chi connectivity index (χ2n) is 5.28. The maximum atomic E-state index is 13.3. The zero-order valence-corrected chi connectivity index (χ0v) is 11.4. The largest absolute Gasteiger partial charge is 0.378 e. The van der Waals surface area contributed by atoms with Crippen LogP contribution in [0, 0.1) is 11.7 Å². The molecule has 2 atom stereocenters. The Hall–Kier alpha value is -0.800. The molecule has 2 rings (SSSR count). The molecule has 0 heterocycles. The van der Waals surface area contributed by atoms with Crippen molar-refractivity contribution in [2.24, 2.45) is 11.7 Å². The first kappa shape index (κ1) is 13.6. The fourth-order valence-electron chi connectivity index (χ4n) is 2.87. The van der Waals surface area contributed by atoms with Crippen molar-refractivity contribution in [3.05, 3.63) is 29.0 Å².